The molecule has 0 aliphatic heterocycles. The van der Waals surface area contributed by atoms with Gasteiger partial charge in [-0.2, -0.15) is 13.2 Å². The van der Waals surface area contributed by atoms with Crippen LogP contribution in [0.5, 0.6) is 5.75 Å². The minimum atomic E-state index is -4.38. The molecule has 32 heavy (non-hydrogen) atoms. The predicted molar refractivity (Wildman–Crippen MR) is 111 cm³/mol. The SMILES string of the molecule is CCO[C@H](Cc1ccc(OC(C)C(=O)NCCc2ccc(C(F)(F)F)cc2)cc1)C(=O)O. The molecule has 0 fully saturated rings. The highest BCUT2D eigenvalue weighted by molar-refractivity contribution is 5.80. The molecule has 0 aromatic heterocycles. The first-order chi connectivity index (χ1) is 15.1. The van der Waals surface area contributed by atoms with E-state index in [1.54, 1.807) is 38.1 Å². The Morgan fingerprint density at radius 3 is 2.16 bits per heavy atom. The molecule has 0 aliphatic carbocycles. The fraction of sp³-hybridized carbons (Fsp3) is 0.391. The van der Waals surface area contributed by atoms with Crippen LogP contribution >= 0.6 is 0 Å². The van der Waals surface area contributed by atoms with E-state index in [-0.39, 0.29) is 18.9 Å². The van der Waals surface area contributed by atoms with Crippen molar-refractivity contribution >= 4 is 11.9 Å². The first-order valence-corrected chi connectivity index (χ1v) is 10.1. The number of carboxylic acids is 1. The summed E-state index contributed by atoms with van der Waals surface area (Å²) in [4.78, 5) is 23.4. The van der Waals surface area contributed by atoms with Gasteiger partial charge in [-0.05, 0) is 55.7 Å². The lowest BCUT2D eigenvalue weighted by Gasteiger charge is -2.16. The second kappa shape index (κ2) is 11.5. The molecule has 6 nitrogen and oxygen atoms in total. The summed E-state index contributed by atoms with van der Waals surface area (Å²) in [5.41, 5.74) is 0.718. The molecule has 2 N–H and O–H groups in total. The predicted octanol–water partition coefficient (Wildman–Crippen LogP) is 3.86. The topological polar surface area (TPSA) is 84.9 Å². The third-order valence-electron chi connectivity index (χ3n) is 4.66. The van der Waals surface area contributed by atoms with Crippen molar-refractivity contribution < 1.29 is 37.3 Å². The van der Waals surface area contributed by atoms with Gasteiger partial charge in [-0.25, -0.2) is 4.79 Å². The Hall–Kier alpha value is -3.07. The molecule has 2 rings (SSSR count). The zero-order valence-electron chi connectivity index (χ0n) is 17.8. The van der Waals surface area contributed by atoms with Gasteiger partial charge in [0.2, 0.25) is 0 Å². The van der Waals surface area contributed by atoms with Gasteiger partial charge in [0.15, 0.2) is 12.2 Å². The maximum atomic E-state index is 12.6. The fourth-order valence-corrected chi connectivity index (χ4v) is 2.93. The summed E-state index contributed by atoms with van der Waals surface area (Å²) >= 11 is 0. The summed E-state index contributed by atoms with van der Waals surface area (Å²) in [7, 11) is 0. The summed E-state index contributed by atoms with van der Waals surface area (Å²) < 4.78 is 48.6. The molecular formula is C23H26F3NO5. The quantitative estimate of drug-likeness (QED) is 0.540. The van der Waals surface area contributed by atoms with Crippen LogP contribution in [0.15, 0.2) is 48.5 Å². The molecule has 2 aromatic carbocycles. The number of hydrogen-bond donors (Lipinski definition) is 2. The molecule has 0 aliphatic rings. The Kier molecular flexibility index (Phi) is 9.07. The lowest BCUT2D eigenvalue weighted by molar-refractivity contribution is -0.150. The summed E-state index contributed by atoms with van der Waals surface area (Å²) in [6.07, 6.45) is -5.50. The highest BCUT2D eigenvalue weighted by Gasteiger charge is 2.29. The van der Waals surface area contributed by atoms with Crippen molar-refractivity contribution in [3.05, 3.63) is 65.2 Å². The van der Waals surface area contributed by atoms with Gasteiger partial charge in [-0.3, -0.25) is 4.79 Å². The number of carbonyl (C=O) groups is 2. The number of alkyl halides is 3. The van der Waals surface area contributed by atoms with Crippen molar-refractivity contribution in [1.29, 1.82) is 0 Å². The molecule has 1 amide bonds. The molecule has 2 atom stereocenters. The van der Waals surface area contributed by atoms with Gasteiger partial charge in [-0.1, -0.05) is 24.3 Å². The molecule has 1 unspecified atom stereocenters. The number of halogens is 3. The maximum absolute atomic E-state index is 12.6. The highest BCUT2D eigenvalue weighted by atomic mass is 19.4. The van der Waals surface area contributed by atoms with Gasteiger partial charge in [0.05, 0.1) is 5.56 Å². The van der Waals surface area contributed by atoms with Crippen molar-refractivity contribution in [2.24, 2.45) is 0 Å². The summed E-state index contributed by atoms with van der Waals surface area (Å²) in [5.74, 6) is -0.945. The monoisotopic (exact) mass is 453 g/mol. The van der Waals surface area contributed by atoms with Crippen LogP contribution in [0.1, 0.15) is 30.5 Å². The molecular weight excluding hydrogens is 427 g/mol. The molecule has 0 heterocycles. The first kappa shape index (κ1) is 25.2. The largest absolute Gasteiger partial charge is 0.481 e. The average Bonchev–Trinajstić information content (AvgIpc) is 2.74. The summed E-state index contributed by atoms with van der Waals surface area (Å²) in [6.45, 7) is 3.86. The van der Waals surface area contributed by atoms with Crippen molar-refractivity contribution in [2.45, 2.75) is 45.1 Å². The van der Waals surface area contributed by atoms with Crippen LogP contribution in [0.4, 0.5) is 13.2 Å². The Labute approximate surface area is 184 Å². The molecule has 0 bridgehead atoms. The number of carboxylic acid groups (broad SMARTS) is 1. The van der Waals surface area contributed by atoms with Gasteiger partial charge in [0.1, 0.15) is 5.75 Å². The van der Waals surface area contributed by atoms with Crippen LogP contribution in [0.2, 0.25) is 0 Å². The number of nitrogens with one attached hydrogen (secondary N) is 1. The summed E-state index contributed by atoms with van der Waals surface area (Å²) in [5, 5.41) is 11.8. The van der Waals surface area contributed by atoms with E-state index in [1.807, 2.05) is 0 Å². The zero-order chi connectivity index (χ0) is 23.7. The number of benzene rings is 2. The summed E-state index contributed by atoms with van der Waals surface area (Å²) in [6, 6.07) is 11.5. The van der Waals surface area contributed by atoms with Gasteiger partial charge >= 0.3 is 12.1 Å². The highest BCUT2D eigenvalue weighted by Crippen LogP contribution is 2.29. The van der Waals surface area contributed by atoms with E-state index < -0.39 is 29.9 Å². The molecule has 0 saturated heterocycles. The van der Waals surface area contributed by atoms with Gasteiger partial charge in [-0.15, -0.1) is 0 Å². The standard InChI is InChI=1S/C23H26F3NO5/c1-3-31-20(22(29)30)14-17-6-10-19(11-7-17)32-15(2)21(28)27-13-12-16-4-8-18(9-5-16)23(24,25)26/h4-11,15,20H,3,12-14H2,1-2H3,(H,27,28)(H,29,30)/t15?,20-/m1/s1. The van der Waals surface area contributed by atoms with Crippen LogP contribution < -0.4 is 10.1 Å². The minimum absolute atomic E-state index is 0.212. The van der Waals surface area contributed by atoms with Crippen molar-refractivity contribution in [2.75, 3.05) is 13.2 Å². The molecule has 2 aromatic rings. The van der Waals surface area contributed by atoms with Crippen LogP contribution in [0, 0.1) is 0 Å². The maximum Gasteiger partial charge on any atom is 0.416 e. The Morgan fingerprint density at radius 1 is 1.03 bits per heavy atom. The normalized spacial score (nSPS) is 13.3. The number of hydrogen-bond acceptors (Lipinski definition) is 4. The Bertz CT molecular complexity index is 882. The second-order valence-corrected chi connectivity index (χ2v) is 7.13. The van der Waals surface area contributed by atoms with Crippen LogP contribution in [-0.4, -0.2) is 42.3 Å². The molecule has 0 saturated carbocycles. The number of rotatable bonds is 11. The van der Waals surface area contributed by atoms with E-state index in [9.17, 15) is 22.8 Å². The van der Waals surface area contributed by atoms with E-state index in [2.05, 4.69) is 5.32 Å². The third-order valence-corrected chi connectivity index (χ3v) is 4.66. The first-order valence-electron chi connectivity index (χ1n) is 10.1. The van der Waals surface area contributed by atoms with Gasteiger partial charge in [0, 0.05) is 19.6 Å². The Balaban J connectivity index is 1.80. The lowest BCUT2D eigenvalue weighted by Crippen LogP contribution is -2.37. The van der Waals surface area contributed by atoms with E-state index in [1.165, 1.54) is 12.1 Å². The molecule has 0 radical (unpaired) electrons. The van der Waals surface area contributed by atoms with Crippen molar-refractivity contribution in [3.8, 4) is 5.75 Å². The average molecular weight is 453 g/mol. The van der Waals surface area contributed by atoms with Crippen LogP contribution in [0.3, 0.4) is 0 Å². The Morgan fingerprint density at radius 2 is 1.62 bits per heavy atom. The molecule has 9 heteroatoms. The number of carbonyl (C=O) groups excluding carboxylic acids is 1. The third kappa shape index (κ3) is 7.88. The van der Waals surface area contributed by atoms with Gasteiger partial charge < -0.3 is 19.9 Å². The lowest BCUT2D eigenvalue weighted by atomic mass is 10.1. The smallest absolute Gasteiger partial charge is 0.416 e. The number of amides is 1. The van der Waals surface area contributed by atoms with E-state index in [0.29, 0.717) is 24.3 Å². The van der Waals surface area contributed by atoms with E-state index in [4.69, 9.17) is 14.6 Å². The van der Waals surface area contributed by atoms with Crippen LogP contribution in [0.25, 0.3) is 0 Å². The van der Waals surface area contributed by atoms with E-state index >= 15 is 0 Å². The number of aliphatic carboxylic acids is 1. The van der Waals surface area contributed by atoms with Gasteiger partial charge in [0.25, 0.3) is 5.91 Å². The van der Waals surface area contributed by atoms with Crippen molar-refractivity contribution in [3.63, 3.8) is 0 Å². The van der Waals surface area contributed by atoms with E-state index in [0.717, 1.165) is 17.7 Å². The fourth-order valence-electron chi connectivity index (χ4n) is 2.93. The zero-order valence-corrected chi connectivity index (χ0v) is 17.8. The van der Waals surface area contributed by atoms with Crippen LogP contribution in [-0.2, 0) is 33.3 Å². The minimum Gasteiger partial charge on any atom is -0.481 e. The second-order valence-electron chi connectivity index (χ2n) is 7.13. The number of ether oxygens (including phenoxy) is 2. The van der Waals surface area contributed by atoms with Crippen molar-refractivity contribution in [1.82, 2.24) is 5.32 Å². The molecule has 0 spiro atoms. The molecule has 174 valence electrons.